The van der Waals surface area contributed by atoms with Crippen molar-refractivity contribution in [1.82, 2.24) is 0 Å². The summed E-state index contributed by atoms with van der Waals surface area (Å²) >= 11 is 9.15. The van der Waals surface area contributed by atoms with Crippen LogP contribution in [0.5, 0.6) is 5.75 Å². The minimum absolute atomic E-state index is 0.386. The molecule has 4 nitrogen and oxygen atoms in total. The van der Waals surface area contributed by atoms with Crippen LogP contribution in [0.25, 0.3) is 11.6 Å². The number of nitriles is 1. The second-order valence-electron chi connectivity index (χ2n) is 4.53. The summed E-state index contributed by atoms with van der Waals surface area (Å²) in [6.45, 7) is -0.526. The summed E-state index contributed by atoms with van der Waals surface area (Å²) in [7, 11) is 0. The summed E-state index contributed by atoms with van der Waals surface area (Å²) in [5.74, 6) is -0.910. The van der Waals surface area contributed by atoms with Crippen LogP contribution in [-0.4, -0.2) is 12.6 Å². The summed E-state index contributed by atoms with van der Waals surface area (Å²) in [6, 6.07) is 14.2. The smallest absolute Gasteiger partial charge is 0.134 e. The molecule has 0 bridgehead atoms. The maximum atomic E-state index is 10.4. The van der Waals surface area contributed by atoms with Gasteiger partial charge in [-0.05, 0) is 57.4 Å². The van der Waals surface area contributed by atoms with Crippen LogP contribution in [0, 0.1) is 11.3 Å². The van der Waals surface area contributed by atoms with Crippen LogP contribution in [-0.2, 0) is 4.79 Å². The van der Waals surface area contributed by atoms with Crippen LogP contribution >= 0.6 is 27.5 Å². The highest BCUT2D eigenvalue weighted by molar-refractivity contribution is 9.10. The average Bonchev–Trinajstić information content (AvgIpc) is 2.52. The summed E-state index contributed by atoms with van der Waals surface area (Å²) in [4.78, 5) is 10.4. The van der Waals surface area contributed by atoms with E-state index >= 15 is 0 Å². The van der Waals surface area contributed by atoms with Crippen molar-refractivity contribution in [3.8, 4) is 11.8 Å². The minimum atomic E-state index is -1.30. The maximum absolute atomic E-state index is 10.4. The molecule has 6 heteroatoms. The van der Waals surface area contributed by atoms with Crippen molar-refractivity contribution < 1.29 is 14.6 Å². The van der Waals surface area contributed by atoms with Gasteiger partial charge in [-0.15, -0.1) is 0 Å². The number of hydrogen-bond acceptors (Lipinski definition) is 4. The second kappa shape index (κ2) is 7.82. The van der Waals surface area contributed by atoms with Crippen molar-refractivity contribution in [2.24, 2.45) is 0 Å². The Hall–Kier alpha value is -2.29. The molecule has 0 aromatic heterocycles. The number of ether oxygens (including phenoxy) is 1. The van der Waals surface area contributed by atoms with Crippen molar-refractivity contribution >= 4 is 45.1 Å². The number of nitrogens with zero attached hydrogens (tertiary/aromatic N) is 1. The summed E-state index contributed by atoms with van der Waals surface area (Å²) < 4.78 is 5.66. The largest absolute Gasteiger partial charge is 0.546 e. The molecule has 0 amide bonds. The van der Waals surface area contributed by atoms with Gasteiger partial charge in [0.2, 0.25) is 0 Å². The van der Waals surface area contributed by atoms with Gasteiger partial charge in [-0.25, -0.2) is 0 Å². The lowest BCUT2D eigenvalue weighted by molar-refractivity contribution is -0.307. The average molecular weight is 392 g/mol. The molecule has 0 unspecified atom stereocenters. The number of allylic oxidation sites excluding steroid dienone is 1. The molecular weight excluding hydrogens is 382 g/mol. The van der Waals surface area contributed by atoms with Crippen LogP contribution in [0.3, 0.4) is 0 Å². The van der Waals surface area contributed by atoms with E-state index < -0.39 is 12.6 Å². The van der Waals surface area contributed by atoms with Crippen LogP contribution in [0.1, 0.15) is 11.1 Å². The fourth-order valence-electron chi connectivity index (χ4n) is 1.84. The van der Waals surface area contributed by atoms with Gasteiger partial charge in [0.05, 0.1) is 22.1 Å². The van der Waals surface area contributed by atoms with E-state index in [2.05, 4.69) is 22.0 Å². The Kier molecular flexibility index (Phi) is 5.80. The van der Waals surface area contributed by atoms with Crippen LogP contribution in [0.2, 0.25) is 5.02 Å². The van der Waals surface area contributed by atoms with E-state index in [-0.39, 0.29) is 0 Å². The topological polar surface area (TPSA) is 73.1 Å². The number of rotatable bonds is 5. The van der Waals surface area contributed by atoms with Gasteiger partial charge in [-0.3, -0.25) is 0 Å². The molecule has 2 rings (SSSR count). The monoisotopic (exact) mass is 390 g/mol. The highest BCUT2D eigenvalue weighted by Crippen LogP contribution is 2.28. The quantitative estimate of drug-likeness (QED) is 0.579. The fraction of sp³-hybridized carbons (Fsp3) is 0.0588. The molecule has 23 heavy (non-hydrogen) atoms. The normalized spacial score (nSPS) is 10.9. The van der Waals surface area contributed by atoms with E-state index in [9.17, 15) is 15.2 Å². The molecule has 0 saturated heterocycles. The Morgan fingerprint density at radius 3 is 2.57 bits per heavy atom. The summed E-state index contributed by atoms with van der Waals surface area (Å²) in [5.41, 5.74) is 2.01. The lowest BCUT2D eigenvalue weighted by atomic mass is 10.0. The van der Waals surface area contributed by atoms with E-state index in [1.54, 1.807) is 48.5 Å². The van der Waals surface area contributed by atoms with E-state index in [4.69, 9.17) is 16.3 Å². The van der Waals surface area contributed by atoms with E-state index in [0.29, 0.717) is 20.8 Å². The number of carboxylic acid groups (broad SMARTS) is 1. The minimum Gasteiger partial charge on any atom is -0.546 e. The van der Waals surface area contributed by atoms with Gasteiger partial charge in [-0.2, -0.15) is 5.26 Å². The third kappa shape index (κ3) is 4.85. The van der Waals surface area contributed by atoms with Crippen molar-refractivity contribution in [1.29, 1.82) is 5.26 Å². The zero-order valence-electron chi connectivity index (χ0n) is 11.8. The zero-order valence-corrected chi connectivity index (χ0v) is 14.1. The number of carbonyl (C=O) groups excluding carboxylic acids is 1. The Labute approximate surface area is 146 Å². The molecule has 0 fully saturated rings. The summed E-state index contributed by atoms with van der Waals surface area (Å²) in [5, 5.41) is 20.3. The van der Waals surface area contributed by atoms with Crippen molar-refractivity contribution in [2.45, 2.75) is 0 Å². The number of hydrogen-bond donors (Lipinski definition) is 0. The van der Waals surface area contributed by atoms with Gasteiger partial charge in [0.25, 0.3) is 0 Å². The SMILES string of the molecule is N#C/C(=C/c1ccc(OCC(=O)[O-])c(Br)c1)c1ccc(Cl)cc1. The summed E-state index contributed by atoms with van der Waals surface area (Å²) in [6.07, 6.45) is 1.72. The van der Waals surface area contributed by atoms with Crippen LogP contribution < -0.4 is 9.84 Å². The number of carbonyl (C=O) groups is 1. The maximum Gasteiger partial charge on any atom is 0.134 e. The molecule has 0 aliphatic carbocycles. The molecule has 2 aromatic rings. The third-order valence-corrected chi connectivity index (χ3v) is 3.76. The lowest BCUT2D eigenvalue weighted by Gasteiger charge is -2.09. The van der Waals surface area contributed by atoms with E-state index in [1.165, 1.54) is 0 Å². The molecule has 0 heterocycles. The number of carboxylic acids is 1. The molecule has 0 aliphatic rings. The number of halogens is 2. The molecule has 0 aliphatic heterocycles. The standard InChI is InChI=1S/C17H11BrClNO3/c18-15-8-11(1-6-16(15)23-10-17(21)22)7-13(9-20)12-2-4-14(19)5-3-12/h1-8H,10H2,(H,21,22)/p-1/b13-7-. The first-order valence-electron chi connectivity index (χ1n) is 6.49. The Morgan fingerprint density at radius 1 is 1.30 bits per heavy atom. The molecular formula is C17H10BrClNO3-. The number of benzene rings is 2. The highest BCUT2D eigenvalue weighted by atomic mass is 79.9. The molecule has 2 aromatic carbocycles. The van der Waals surface area contributed by atoms with Gasteiger partial charge in [-0.1, -0.05) is 29.8 Å². The van der Waals surface area contributed by atoms with E-state index in [1.807, 2.05) is 0 Å². The van der Waals surface area contributed by atoms with Crippen molar-refractivity contribution in [3.05, 3.63) is 63.1 Å². The fourth-order valence-corrected chi connectivity index (χ4v) is 2.47. The Morgan fingerprint density at radius 2 is 2.00 bits per heavy atom. The third-order valence-electron chi connectivity index (χ3n) is 2.89. The molecule has 0 N–H and O–H groups in total. The van der Waals surface area contributed by atoms with E-state index in [0.717, 1.165) is 11.1 Å². The predicted octanol–water partition coefficient (Wildman–Crippen LogP) is 3.30. The Bertz CT molecular complexity index is 794. The van der Waals surface area contributed by atoms with Crippen LogP contribution in [0.4, 0.5) is 0 Å². The molecule has 116 valence electrons. The first kappa shape index (κ1) is 17.1. The lowest BCUT2D eigenvalue weighted by Crippen LogP contribution is -2.29. The molecule has 0 atom stereocenters. The van der Waals surface area contributed by atoms with Crippen LogP contribution in [0.15, 0.2) is 46.9 Å². The zero-order chi connectivity index (χ0) is 16.8. The van der Waals surface area contributed by atoms with Crippen molar-refractivity contribution in [3.63, 3.8) is 0 Å². The van der Waals surface area contributed by atoms with Gasteiger partial charge in [0.15, 0.2) is 0 Å². The van der Waals surface area contributed by atoms with Crippen molar-refractivity contribution in [2.75, 3.05) is 6.61 Å². The Balaban J connectivity index is 2.27. The first-order chi connectivity index (χ1) is 11.0. The second-order valence-corrected chi connectivity index (χ2v) is 5.82. The van der Waals surface area contributed by atoms with Gasteiger partial charge in [0, 0.05) is 5.02 Å². The number of aliphatic carboxylic acids is 1. The van der Waals surface area contributed by atoms with Gasteiger partial charge < -0.3 is 14.6 Å². The highest BCUT2D eigenvalue weighted by Gasteiger charge is 2.05. The van der Waals surface area contributed by atoms with Gasteiger partial charge >= 0.3 is 0 Å². The van der Waals surface area contributed by atoms with Gasteiger partial charge in [0.1, 0.15) is 12.4 Å². The first-order valence-corrected chi connectivity index (χ1v) is 7.66. The predicted molar refractivity (Wildman–Crippen MR) is 89.6 cm³/mol. The molecule has 0 radical (unpaired) electrons. The molecule has 0 spiro atoms. The molecule has 0 saturated carbocycles.